The first-order valence-corrected chi connectivity index (χ1v) is 13.2. The average molecular weight is 505 g/mol. The fourth-order valence-electron chi connectivity index (χ4n) is 3.71. The zero-order chi connectivity index (χ0) is 25.5. The maximum absolute atomic E-state index is 12.9. The fraction of sp³-hybridized carbons (Fsp3) is 0.179. The number of carbonyl (C=O) groups excluding carboxylic acids is 1. The van der Waals surface area contributed by atoms with Gasteiger partial charge >= 0.3 is 0 Å². The van der Waals surface area contributed by atoms with Crippen LogP contribution in [-0.4, -0.2) is 27.0 Å². The molecule has 7 nitrogen and oxygen atoms in total. The van der Waals surface area contributed by atoms with E-state index in [9.17, 15) is 13.2 Å². The van der Waals surface area contributed by atoms with Gasteiger partial charge in [-0.1, -0.05) is 43.3 Å². The summed E-state index contributed by atoms with van der Waals surface area (Å²) >= 11 is 0. The van der Waals surface area contributed by atoms with Gasteiger partial charge in [0.15, 0.2) is 6.10 Å². The topological polar surface area (TPSA) is 93.7 Å². The molecule has 4 rings (SSSR count). The fourth-order valence-corrected chi connectivity index (χ4v) is 4.77. The molecule has 186 valence electrons. The van der Waals surface area contributed by atoms with Crippen LogP contribution in [0.15, 0.2) is 95.9 Å². The summed E-state index contributed by atoms with van der Waals surface area (Å²) in [5.74, 6) is 0.987. The molecule has 0 bridgehead atoms. The summed E-state index contributed by atoms with van der Waals surface area (Å²) in [6.07, 6.45) is -0.242. The first kappa shape index (κ1) is 25.1. The van der Waals surface area contributed by atoms with Gasteiger partial charge in [-0.05, 0) is 73.3 Å². The Morgan fingerprint density at radius 1 is 0.833 bits per heavy atom. The molecule has 1 atom stereocenters. The van der Waals surface area contributed by atoms with Crippen LogP contribution in [0, 0.1) is 0 Å². The maximum Gasteiger partial charge on any atom is 0.265 e. The lowest BCUT2D eigenvalue weighted by atomic mass is 10.1. The number of hydrogen-bond acceptors (Lipinski definition) is 5. The molecular weight excluding hydrogens is 476 g/mol. The van der Waals surface area contributed by atoms with E-state index in [2.05, 4.69) is 10.0 Å². The molecule has 0 radical (unpaired) electrons. The molecule has 2 N–H and O–H groups in total. The lowest BCUT2D eigenvalue weighted by Crippen LogP contribution is -2.32. The number of fused-ring (bicyclic) bond motifs is 1. The maximum atomic E-state index is 12.9. The Labute approximate surface area is 211 Å². The smallest absolute Gasteiger partial charge is 0.265 e. The van der Waals surface area contributed by atoms with Crippen LogP contribution in [0.5, 0.6) is 11.5 Å². The number of anilines is 2. The van der Waals surface area contributed by atoms with Crippen LogP contribution in [0.2, 0.25) is 0 Å². The summed E-state index contributed by atoms with van der Waals surface area (Å²) in [5, 5.41) is 4.77. The van der Waals surface area contributed by atoms with E-state index in [1.165, 1.54) is 12.1 Å². The molecule has 4 aromatic rings. The van der Waals surface area contributed by atoms with Gasteiger partial charge in [0, 0.05) is 16.8 Å². The first-order valence-electron chi connectivity index (χ1n) is 11.7. The molecule has 0 saturated heterocycles. The summed E-state index contributed by atoms with van der Waals surface area (Å²) in [4.78, 5) is 13.0. The van der Waals surface area contributed by atoms with Crippen LogP contribution < -0.4 is 19.5 Å². The molecule has 0 aliphatic rings. The SMILES string of the molecule is CCOc1ccc(NS(=O)(=O)c2ccc(NC(=O)[C@@H](CC)Oc3cccc4ccccc34)cc2)cc1. The highest BCUT2D eigenvalue weighted by Gasteiger charge is 2.20. The Bertz CT molecular complexity index is 1430. The van der Waals surface area contributed by atoms with Crippen molar-refractivity contribution < 1.29 is 22.7 Å². The minimum absolute atomic E-state index is 0.0773. The Hall–Kier alpha value is -4.04. The van der Waals surface area contributed by atoms with Crippen LogP contribution in [0.25, 0.3) is 10.8 Å². The Morgan fingerprint density at radius 3 is 2.19 bits per heavy atom. The van der Waals surface area contributed by atoms with Gasteiger partial charge < -0.3 is 14.8 Å². The van der Waals surface area contributed by atoms with Crippen LogP contribution in [0.4, 0.5) is 11.4 Å². The van der Waals surface area contributed by atoms with E-state index in [4.69, 9.17) is 9.47 Å². The number of rotatable bonds is 10. The monoisotopic (exact) mass is 504 g/mol. The molecule has 4 aromatic carbocycles. The number of sulfonamides is 1. The number of carbonyl (C=O) groups is 1. The third-order valence-corrected chi connectivity index (χ3v) is 6.93. The van der Waals surface area contributed by atoms with E-state index in [1.54, 1.807) is 36.4 Å². The quantitative estimate of drug-likeness (QED) is 0.283. The molecule has 0 aliphatic carbocycles. The van der Waals surface area contributed by atoms with Crippen molar-refractivity contribution in [1.82, 2.24) is 0 Å². The van der Waals surface area contributed by atoms with Crippen molar-refractivity contribution in [2.45, 2.75) is 31.3 Å². The molecule has 0 aliphatic heterocycles. The minimum Gasteiger partial charge on any atom is -0.494 e. The first-order chi connectivity index (χ1) is 17.4. The second-order valence-corrected chi connectivity index (χ2v) is 9.75. The van der Waals surface area contributed by atoms with E-state index in [1.807, 2.05) is 56.3 Å². The Balaban J connectivity index is 1.42. The van der Waals surface area contributed by atoms with Gasteiger partial charge in [-0.2, -0.15) is 0 Å². The second-order valence-electron chi connectivity index (χ2n) is 8.07. The summed E-state index contributed by atoms with van der Waals surface area (Å²) in [6.45, 7) is 4.28. The Morgan fingerprint density at radius 2 is 1.50 bits per heavy atom. The van der Waals surface area contributed by atoms with Gasteiger partial charge in [0.25, 0.3) is 15.9 Å². The van der Waals surface area contributed by atoms with E-state index < -0.39 is 16.1 Å². The van der Waals surface area contributed by atoms with Crippen molar-refractivity contribution in [2.75, 3.05) is 16.6 Å². The van der Waals surface area contributed by atoms with Crippen LogP contribution in [-0.2, 0) is 14.8 Å². The van der Waals surface area contributed by atoms with Crippen LogP contribution in [0.3, 0.4) is 0 Å². The average Bonchev–Trinajstić information content (AvgIpc) is 2.88. The van der Waals surface area contributed by atoms with Gasteiger partial charge in [0.1, 0.15) is 11.5 Å². The molecule has 0 unspecified atom stereocenters. The summed E-state index contributed by atoms with van der Waals surface area (Å²) in [5.41, 5.74) is 0.896. The van der Waals surface area contributed by atoms with Crippen molar-refractivity contribution in [3.63, 3.8) is 0 Å². The largest absolute Gasteiger partial charge is 0.494 e. The molecule has 1 amide bonds. The number of amides is 1. The third-order valence-electron chi connectivity index (χ3n) is 5.53. The van der Waals surface area contributed by atoms with Crippen molar-refractivity contribution in [1.29, 1.82) is 0 Å². The van der Waals surface area contributed by atoms with Gasteiger partial charge in [-0.3, -0.25) is 9.52 Å². The second kappa shape index (κ2) is 11.1. The predicted molar refractivity (Wildman–Crippen MR) is 142 cm³/mol. The van der Waals surface area contributed by atoms with Crippen LogP contribution in [0.1, 0.15) is 20.3 Å². The molecule has 0 saturated carbocycles. The molecule has 8 heteroatoms. The minimum atomic E-state index is -3.79. The van der Waals surface area contributed by atoms with Gasteiger partial charge in [-0.25, -0.2) is 8.42 Å². The van der Waals surface area contributed by atoms with Crippen molar-refractivity contribution in [2.24, 2.45) is 0 Å². The highest BCUT2D eigenvalue weighted by molar-refractivity contribution is 7.92. The standard InChI is InChI=1S/C28H28N2O5S/c1-3-26(35-27-11-7-9-20-8-5-6-10-25(20)27)28(31)29-21-14-18-24(19-15-21)36(32,33)30-22-12-16-23(17-13-22)34-4-2/h5-19,26,30H,3-4H2,1-2H3,(H,29,31)/t26-/m1/s1. The molecule has 36 heavy (non-hydrogen) atoms. The molecule has 0 aromatic heterocycles. The highest BCUT2D eigenvalue weighted by Crippen LogP contribution is 2.27. The summed E-state index contributed by atoms with van der Waals surface area (Å²) < 4.78 is 39.5. The van der Waals surface area contributed by atoms with E-state index in [0.717, 1.165) is 10.8 Å². The number of nitrogens with one attached hydrogen (secondary N) is 2. The molecule has 0 fully saturated rings. The zero-order valence-corrected chi connectivity index (χ0v) is 20.9. The van der Waals surface area contributed by atoms with Gasteiger partial charge in [0.2, 0.25) is 0 Å². The number of hydrogen-bond donors (Lipinski definition) is 2. The van der Waals surface area contributed by atoms with E-state index in [-0.39, 0.29) is 10.8 Å². The van der Waals surface area contributed by atoms with Crippen molar-refractivity contribution >= 4 is 38.1 Å². The van der Waals surface area contributed by atoms with E-state index >= 15 is 0 Å². The Kier molecular flexibility index (Phi) is 7.75. The number of benzene rings is 4. The normalized spacial score (nSPS) is 12.1. The van der Waals surface area contributed by atoms with Crippen molar-refractivity contribution in [3.05, 3.63) is 91.0 Å². The van der Waals surface area contributed by atoms with Gasteiger partial charge in [0.05, 0.1) is 11.5 Å². The predicted octanol–water partition coefficient (Wildman–Crippen LogP) is 5.84. The zero-order valence-electron chi connectivity index (χ0n) is 20.1. The van der Waals surface area contributed by atoms with Gasteiger partial charge in [-0.15, -0.1) is 0 Å². The molecule has 0 spiro atoms. The third kappa shape index (κ3) is 5.95. The van der Waals surface area contributed by atoms with E-state index in [0.29, 0.717) is 35.9 Å². The summed E-state index contributed by atoms with van der Waals surface area (Å²) in [7, 11) is -3.79. The highest BCUT2D eigenvalue weighted by atomic mass is 32.2. The lowest BCUT2D eigenvalue weighted by Gasteiger charge is -2.18. The van der Waals surface area contributed by atoms with Crippen molar-refractivity contribution in [3.8, 4) is 11.5 Å². The molecular formula is C28H28N2O5S. The lowest BCUT2D eigenvalue weighted by molar-refractivity contribution is -0.122. The summed E-state index contributed by atoms with van der Waals surface area (Å²) in [6, 6.07) is 26.2. The van der Waals surface area contributed by atoms with Crippen LogP contribution >= 0.6 is 0 Å². The molecule has 0 heterocycles. The number of ether oxygens (including phenoxy) is 2.